The fraction of sp³-hybridized carbons (Fsp3) is 0.318. The van der Waals surface area contributed by atoms with Gasteiger partial charge in [0.2, 0.25) is 5.91 Å². The highest BCUT2D eigenvalue weighted by molar-refractivity contribution is 5.95. The third-order valence-corrected chi connectivity index (χ3v) is 5.30. The highest BCUT2D eigenvalue weighted by Crippen LogP contribution is 2.49. The first-order valence-electron chi connectivity index (χ1n) is 9.30. The molecule has 1 amide bonds. The number of anilines is 1. The van der Waals surface area contributed by atoms with Crippen LogP contribution in [0.4, 0.5) is 10.1 Å². The number of carbonyl (C=O) groups excluding carboxylic acids is 1. The molecule has 27 heavy (non-hydrogen) atoms. The van der Waals surface area contributed by atoms with E-state index in [1.807, 2.05) is 0 Å². The van der Waals surface area contributed by atoms with Crippen LogP contribution in [0.15, 0.2) is 48.5 Å². The zero-order chi connectivity index (χ0) is 18.8. The van der Waals surface area contributed by atoms with Gasteiger partial charge in [-0.3, -0.25) is 4.79 Å². The van der Waals surface area contributed by atoms with E-state index in [1.54, 1.807) is 19.2 Å². The maximum absolute atomic E-state index is 13.0. The van der Waals surface area contributed by atoms with Crippen LogP contribution in [0.2, 0.25) is 0 Å². The molecule has 1 aliphatic heterocycles. The monoisotopic (exact) mass is 366 g/mol. The van der Waals surface area contributed by atoms with Gasteiger partial charge in [0.1, 0.15) is 11.6 Å². The smallest absolute Gasteiger partial charge is 0.228 e. The van der Waals surface area contributed by atoms with Crippen molar-refractivity contribution in [1.29, 1.82) is 0 Å². The molecule has 2 unspecified atom stereocenters. The molecular formula is C22H23FN2O2. The van der Waals surface area contributed by atoms with E-state index in [4.69, 9.17) is 4.74 Å². The van der Waals surface area contributed by atoms with Crippen molar-refractivity contribution in [2.45, 2.75) is 18.8 Å². The average Bonchev–Trinajstić information content (AvgIpc) is 3.51. The van der Waals surface area contributed by atoms with Crippen LogP contribution in [0, 0.1) is 11.7 Å². The molecule has 2 aliphatic rings. The van der Waals surface area contributed by atoms with Gasteiger partial charge in [0.05, 0.1) is 7.11 Å². The third-order valence-electron chi connectivity index (χ3n) is 5.30. The van der Waals surface area contributed by atoms with Crippen molar-refractivity contribution in [2.75, 3.05) is 25.5 Å². The van der Waals surface area contributed by atoms with E-state index in [2.05, 4.69) is 34.9 Å². The van der Waals surface area contributed by atoms with E-state index < -0.39 is 0 Å². The number of amides is 1. The minimum atomic E-state index is -0.312. The number of rotatable bonds is 5. The normalized spacial score (nSPS) is 21.3. The summed E-state index contributed by atoms with van der Waals surface area (Å²) in [6, 6.07) is 12.1. The molecule has 2 aromatic rings. The van der Waals surface area contributed by atoms with Gasteiger partial charge in [-0.15, -0.1) is 0 Å². The lowest BCUT2D eigenvalue weighted by Crippen LogP contribution is -2.20. The summed E-state index contributed by atoms with van der Waals surface area (Å²) in [6.07, 6.45) is 4.01. The van der Waals surface area contributed by atoms with Crippen LogP contribution >= 0.6 is 0 Å². The van der Waals surface area contributed by atoms with Gasteiger partial charge in [-0.1, -0.05) is 18.2 Å². The number of ether oxygens (including phenoxy) is 1. The van der Waals surface area contributed by atoms with Crippen molar-refractivity contribution in [2.24, 2.45) is 5.92 Å². The summed E-state index contributed by atoms with van der Waals surface area (Å²) in [7, 11) is 1.69. The van der Waals surface area contributed by atoms with Crippen LogP contribution in [-0.2, 0) is 4.79 Å². The molecule has 4 rings (SSSR count). The van der Waals surface area contributed by atoms with Gasteiger partial charge < -0.3 is 15.4 Å². The highest BCUT2D eigenvalue weighted by Gasteiger charge is 2.44. The first kappa shape index (κ1) is 17.7. The van der Waals surface area contributed by atoms with Gasteiger partial charge in [-0.2, -0.15) is 0 Å². The first-order valence-corrected chi connectivity index (χ1v) is 9.30. The van der Waals surface area contributed by atoms with Crippen molar-refractivity contribution in [3.8, 4) is 5.75 Å². The molecule has 0 aromatic heterocycles. The van der Waals surface area contributed by atoms with Crippen LogP contribution in [0.5, 0.6) is 5.75 Å². The van der Waals surface area contributed by atoms with E-state index in [1.165, 1.54) is 17.7 Å². The lowest BCUT2D eigenvalue weighted by Gasteiger charge is -2.17. The molecule has 0 radical (unpaired) electrons. The lowest BCUT2D eigenvalue weighted by molar-refractivity contribution is -0.117. The quantitative estimate of drug-likeness (QED) is 0.842. The summed E-state index contributed by atoms with van der Waals surface area (Å²) in [5, 5.41) is 6.19. The fourth-order valence-corrected chi connectivity index (χ4v) is 3.69. The van der Waals surface area contributed by atoms with Crippen LogP contribution < -0.4 is 15.4 Å². The Bertz CT molecular complexity index is 876. The van der Waals surface area contributed by atoms with Crippen LogP contribution in [0.25, 0.3) is 5.57 Å². The van der Waals surface area contributed by atoms with Crippen LogP contribution in [-0.4, -0.2) is 26.1 Å². The molecular weight excluding hydrogens is 343 g/mol. The summed E-state index contributed by atoms with van der Waals surface area (Å²) in [4.78, 5) is 12.5. The number of hydrogen-bond acceptors (Lipinski definition) is 3. The second kappa shape index (κ2) is 7.53. The number of nitrogens with one attached hydrogen (secondary N) is 2. The molecule has 1 fully saturated rings. The average molecular weight is 366 g/mol. The molecule has 1 heterocycles. The largest absolute Gasteiger partial charge is 0.496 e. The molecule has 0 saturated heterocycles. The maximum atomic E-state index is 13.0. The van der Waals surface area contributed by atoms with E-state index in [0.29, 0.717) is 5.69 Å². The van der Waals surface area contributed by atoms with Gasteiger partial charge >= 0.3 is 0 Å². The highest BCUT2D eigenvalue weighted by atomic mass is 19.1. The van der Waals surface area contributed by atoms with E-state index in [-0.39, 0.29) is 23.6 Å². The Kier molecular flexibility index (Phi) is 4.94. The Labute approximate surface area is 158 Å². The minimum absolute atomic E-state index is 0.0179. The Hall–Kier alpha value is -2.66. The van der Waals surface area contributed by atoms with Gasteiger partial charge in [-0.05, 0) is 66.8 Å². The van der Waals surface area contributed by atoms with Crippen molar-refractivity contribution in [3.63, 3.8) is 0 Å². The number of carbonyl (C=O) groups is 1. The van der Waals surface area contributed by atoms with Crippen molar-refractivity contribution in [3.05, 3.63) is 65.5 Å². The molecule has 1 saturated carbocycles. The van der Waals surface area contributed by atoms with Crippen molar-refractivity contribution < 1.29 is 13.9 Å². The number of hydrogen-bond donors (Lipinski definition) is 2. The summed E-state index contributed by atoms with van der Waals surface area (Å²) in [5.41, 5.74) is 4.19. The molecule has 5 heteroatoms. The predicted octanol–water partition coefficient (Wildman–Crippen LogP) is 3.95. The number of methoxy groups -OCH3 is 1. The molecule has 1 aliphatic carbocycles. The maximum Gasteiger partial charge on any atom is 0.228 e. The van der Waals surface area contributed by atoms with Crippen molar-refractivity contribution >= 4 is 17.2 Å². The molecule has 2 aromatic carbocycles. The SMILES string of the molecule is COc1cc(C2CC2C(=O)Nc2ccc(F)cc2)ccc1C1=CCNCC1. The third kappa shape index (κ3) is 3.88. The fourth-order valence-electron chi connectivity index (χ4n) is 3.69. The Morgan fingerprint density at radius 2 is 2.04 bits per heavy atom. The van der Waals surface area contributed by atoms with Gasteiger partial charge in [0.15, 0.2) is 0 Å². The second-order valence-electron chi connectivity index (χ2n) is 7.09. The van der Waals surface area contributed by atoms with E-state index >= 15 is 0 Å². The Balaban J connectivity index is 1.46. The summed E-state index contributed by atoms with van der Waals surface area (Å²) in [6.45, 7) is 1.86. The number of halogens is 1. The predicted molar refractivity (Wildman–Crippen MR) is 104 cm³/mol. The Morgan fingerprint density at radius 1 is 1.22 bits per heavy atom. The molecule has 2 atom stereocenters. The zero-order valence-electron chi connectivity index (χ0n) is 15.3. The summed E-state index contributed by atoms with van der Waals surface area (Å²) >= 11 is 0. The molecule has 0 bridgehead atoms. The van der Waals surface area contributed by atoms with Gasteiger partial charge in [0, 0.05) is 23.7 Å². The van der Waals surface area contributed by atoms with Crippen LogP contribution in [0.1, 0.15) is 29.9 Å². The topological polar surface area (TPSA) is 50.4 Å². The summed E-state index contributed by atoms with van der Waals surface area (Å²) in [5.74, 6) is 0.688. The Morgan fingerprint density at radius 3 is 2.74 bits per heavy atom. The molecule has 140 valence electrons. The minimum Gasteiger partial charge on any atom is -0.496 e. The molecule has 0 spiro atoms. The lowest BCUT2D eigenvalue weighted by atomic mass is 9.96. The van der Waals surface area contributed by atoms with Crippen LogP contribution in [0.3, 0.4) is 0 Å². The number of benzene rings is 2. The van der Waals surface area contributed by atoms with Crippen molar-refractivity contribution in [1.82, 2.24) is 5.32 Å². The zero-order valence-corrected chi connectivity index (χ0v) is 15.3. The van der Waals surface area contributed by atoms with Gasteiger partial charge in [-0.25, -0.2) is 4.39 Å². The van der Waals surface area contributed by atoms with E-state index in [0.717, 1.165) is 42.8 Å². The van der Waals surface area contributed by atoms with E-state index in [9.17, 15) is 9.18 Å². The molecule has 4 nitrogen and oxygen atoms in total. The summed E-state index contributed by atoms with van der Waals surface area (Å²) < 4.78 is 18.6. The van der Waals surface area contributed by atoms with Gasteiger partial charge in [0.25, 0.3) is 0 Å². The molecule has 2 N–H and O–H groups in total. The standard InChI is InChI=1S/C22H23FN2O2/c1-27-21-12-15(2-7-18(21)14-8-10-24-11-9-14)19-13-20(19)22(26)25-17-5-3-16(23)4-6-17/h2-8,12,19-20,24H,9-11,13H2,1H3,(H,25,26). The second-order valence-corrected chi connectivity index (χ2v) is 7.09. The first-order chi connectivity index (χ1) is 13.2.